The van der Waals surface area contributed by atoms with E-state index in [9.17, 15) is 18.0 Å². The van der Waals surface area contributed by atoms with Crippen LogP contribution in [0, 0.1) is 0 Å². The van der Waals surface area contributed by atoms with E-state index in [1.807, 2.05) is 30.3 Å². The molecule has 1 aliphatic carbocycles. The SMILES string of the molecule is O=C(NC1(C(F)(F)F)CC1)C(S)Cc1ccccc1. The summed E-state index contributed by atoms with van der Waals surface area (Å²) < 4.78 is 38.1. The Bertz CT molecular complexity index is 457. The Hall–Kier alpha value is -1.17. The zero-order chi connectivity index (χ0) is 14.1. The van der Waals surface area contributed by atoms with Gasteiger partial charge in [-0.1, -0.05) is 30.3 Å². The summed E-state index contributed by atoms with van der Waals surface area (Å²) in [5.41, 5.74) is -1.14. The first-order valence-corrected chi connectivity index (χ1v) is 6.46. The van der Waals surface area contributed by atoms with E-state index in [-0.39, 0.29) is 12.8 Å². The lowest BCUT2D eigenvalue weighted by atomic mass is 10.1. The lowest BCUT2D eigenvalue weighted by molar-refractivity contribution is -0.170. The van der Waals surface area contributed by atoms with Crippen LogP contribution < -0.4 is 5.32 Å². The number of alkyl halides is 3. The predicted octanol–water partition coefficient (Wildman–Crippen LogP) is 2.74. The first-order valence-electron chi connectivity index (χ1n) is 5.95. The molecule has 0 aromatic heterocycles. The maximum atomic E-state index is 12.7. The Morgan fingerprint density at radius 3 is 2.37 bits per heavy atom. The number of thiol groups is 1. The predicted molar refractivity (Wildman–Crippen MR) is 69.1 cm³/mol. The molecule has 19 heavy (non-hydrogen) atoms. The van der Waals surface area contributed by atoms with Gasteiger partial charge in [-0.05, 0) is 24.8 Å². The van der Waals surface area contributed by atoms with E-state index < -0.39 is 22.9 Å². The highest BCUT2D eigenvalue weighted by atomic mass is 32.1. The molecule has 1 unspecified atom stereocenters. The Balaban J connectivity index is 1.94. The largest absolute Gasteiger partial charge is 0.411 e. The van der Waals surface area contributed by atoms with Gasteiger partial charge in [0.2, 0.25) is 5.91 Å². The van der Waals surface area contributed by atoms with E-state index in [4.69, 9.17) is 0 Å². The summed E-state index contributed by atoms with van der Waals surface area (Å²) in [6.07, 6.45) is -4.17. The minimum Gasteiger partial charge on any atom is -0.341 e. The second-order valence-corrected chi connectivity index (χ2v) is 5.40. The summed E-state index contributed by atoms with van der Waals surface area (Å²) >= 11 is 4.09. The number of rotatable bonds is 4. The Morgan fingerprint density at radius 1 is 1.32 bits per heavy atom. The summed E-state index contributed by atoms with van der Waals surface area (Å²) in [6, 6.07) is 9.08. The Morgan fingerprint density at radius 2 is 1.89 bits per heavy atom. The molecule has 1 N–H and O–H groups in total. The van der Waals surface area contributed by atoms with Gasteiger partial charge in [-0.25, -0.2) is 0 Å². The van der Waals surface area contributed by atoms with Crippen molar-refractivity contribution in [1.29, 1.82) is 0 Å². The number of hydrogen-bond donors (Lipinski definition) is 2. The fourth-order valence-electron chi connectivity index (χ4n) is 1.85. The maximum Gasteiger partial charge on any atom is 0.411 e. The van der Waals surface area contributed by atoms with Crippen LogP contribution in [0.5, 0.6) is 0 Å². The molecule has 2 rings (SSSR count). The molecule has 0 spiro atoms. The van der Waals surface area contributed by atoms with Crippen LogP contribution in [0.2, 0.25) is 0 Å². The van der Waals surface area contributed by atoms with Gasteiger partial charge in [0.1, 0.15) is 5.54 Å². The van der Waals surface area contributed by atoms with E-state index in [2.05, 4.69) is 17.9 Å². The van der Waals surface area contributed by atoms with Crippen LogP contribution in [-0.4, -0.2) is 22.9 Å². The van der Waals surface area contributed by atoms with Crippen molar-refractivity contribution in [1.82, 2.24) is 5.32 Å². The number of halogens is 3. The molecular weight excluding hydrogens is 275 g/mol. The van der Waals surface area contributed by atoms with E-state index in [0.29, 0.717) is 6.42 Å². The third kappa shape index (κ3) is 3.23. The molecule has 0 radical (unpaired) electrons. The molecule has 2 nitrogen and oxygen atoms in total. The molecule has 104 valence electrons. The van der Waals surface area contributed by atoms with Crippen LogP contribution in [0.3, 0.4) is 0 Å². The van der Waals surface area contributed by atoms with E-state index in [1.165, 1.54) is 0 Å². The van der Waals surface area contributed by atoms with Crippen molar-refractivity contribution < 1.29 is 18.0 Å². The highest BCUT2D eigenvalue weighted by molar-refractivity contribution is 7.81. The third-order valence-corrected chi connectivity index (χ3v) is 3.65. The highest BCUT2D eigenvalue weighted by Crippen LogP contribution is 2.49. The van der Waals surface area contributed by atoms with Crippen molar-refractivity contribution in [2.24, 2.45) is 0 Å². The smallest absolute Gasteiger partial charge is 0.341 e. The van der Waals surface area contributed by atoms with Crippen molar-refractivity contribution in [3.05, 3.63) is 35.9 Å². The first kappa shape index (κ1) is 14.2. The van der Waals surface area contributed by atoms with Gasteiger partial charge in [0, 0.05) is 0 Å². The van der Waals surface area contributed by atoms with E-state index in [0.717, 1.165) is 5.56 Å². The fourth-order valence-corrected chi connectivity index (χ4v) is 2.13. The second kappa shape index (κ2) is 5.07. The number of nitrogens with one attached hydrogen (secondary N) is 1. The molecule has 0 heterocycles. The van der Waals surface area contributed by atoms with Crippen molar-refractivity contribution >= 4 is 18.5 Å². The van der Waals surface area contributed by atoms with Crippen LogP contribution >= 0.6 is 12.6 Å². The summed E-state index contributed by atoms with van der Waals surface area (Å²) in [5, 5.41) is 1.31. The van der Waals surface area contributed by atoms with Crippen molar-refractivity contribution in [3.8, 4) is 0 Å². The van der Waals surface area contributed by atoms with Crippen LogP contribution in [0.15, 0.2) is 30.3 Å². The molecule has 6 heteroatoms. The molecular formula is C13H14F3NOS. The Kier molecular flexibility index (Phi) is 3.80. The lowest BCUT2D eigenvalue weighted by Gasteiger charge is -2.22. The normalized spacial score (nSPS) is 18.7. The van der Waals surface area contributed by atoms with Gasteiger partial charge in [-0.15, -0.1) is 0 Å². The molecule has 0 aliphatic heterocycles. The number of carbonyl (C=O) groups excluding carboxylic acids is 1. The van der Waals surface area contributed by atoms with Gasteiger partial charge in [0.15, 0.2) is 0 Å². The second-order valence-electron chi connectivity index (χ2n) is 4.77. The van der Waals surface area contributed by atoms with Crippen LogP contribution in [0.1, 0.15) is 18.4 Å². The summed E-state index contributed by atoms with van der Waals surface area (Å²) in [7, 11) is 0. The molecule has 1 fully saturated rings. The minimum absolute atomic E-state index is 0.0475. The number of benzene rings is 1. The quantitative estimate of drug-likeness (QED) is 0.820. The molecule has 1 atom stereocenters. The zero-order valence-electron chi connectivity index (χ0n) is 10.1. The molecule has 1 amide bonds. The molecule has 1 saturated carbocycles. The number of amides is 1. The number of hydrogen-bond acceptors (Lipinski definition) is 2. The topological polar surface area (TPSA) is 29.1 Å². The van der Waals surface area contributed by atoms with Crippen molar-refractivity contribution in [2.75, 3.05) is 0 Å². The standard InChI is InChI=1S/C13H14F3NOS/c14-13(15,16)12(6-7-12)17-11(18)10(19)8-9-4-2-1-3-5-9/h1-5,10,19H,6-8H2,(H,17,18). The third-order valence-electron chi connectivity index (χ3n) is 3.23. The monoisotopic (exact) mass is 289 g/mol. The van der Waals surface area contributed by atoms with Crippen LogP contribution in [-0.2, 0) is 11.2 Å². The molecule has 1 aromatic carbocycles. The molecule has 0 saturated heterocycles. The maximum absolute atomic E-state index is 12.7. The van der Waals surface area contributed by atoms with Crippen molar-refractivity contribution in [3.63, 3.8) is 0 Å². The van der Waals surface area contributed by atoms with Gasteiger partial charge < -0.3 is 5.32 Å². The highest BCUT2D eigenvalue weighted by Gasteiger charge is 2.64. The lowest BCUT2D eigenvalue weighted by Crippen LogP contribution is -2.50. The average Bonchev–Trinajstić information content (AvgIpc) is 3.10. The van der Waals surface area contributed by atoms with Gasteiger partial charge in [0.25, 0.3) is 0 Å². The average molecular weight is 289 g/mol. The Labute approximate surface area is 114 Å². The zero-order valence-corrected chi connectivity index (χ0v) is 11.0. The fraction of sp³-hybridized carbons (Fsp3) is 0.462. The van der Waals surface area contributed by atoms with E-state index in [1.54, 1.807) is 0 Å². The van der Waals surface area contributed by atoms with Gasteiger partial charge in [0.05, 0.1) is 5.25 Å². The first-order chi connectivity index (χ1) is 8.84. The van der Waals surface area contributed by atoms with Gasteiger partial charge >= 0.3 is 6.18 Å². The summed E-state index contributed by atoms with van der Waals surface area (Å²) in [5.74, 6) is -0.665. The molecule has 1 aromatic rings. The van der Waals surface area contributed by atoms with Crippen LogP contribution in [0.4, 0.5) is 13.2 Å². The number of carbonyl (C=O) groups is 1. The minimum atomic E-state index is -4.39. The summed E-state index contributed by atoms with van der Waals surface area (Å²) in [6.45, 7) is 0. The van der Waals surface area contributed by atoms with Gasteiger partial charge in [-0.3, -0.25) is 4.79 Å². The van der Waals surface area contributed by atoms with Gasteiger partial charge in [-0.2, -0.15) is 25.8 Å². The molecule has 1 aliphatic rings. The van der Waals surface area contributed by atoms with Crippen LogP contribution in [0.25, 0.3) is 0 Å². The molecule has 0 bridgehead atoms. The van der Waals surface area contributed by atoms with E-state index >= 15 is 0 Å². The van der Waals surface area contributed by atoms with Crippen molar-refractivity contribution in [2.45, 2.75) is 36.2 Å². The summed E-state index contributed by atoms with van der Waals surface area (Å²) in [4.78, 5) is 11.8.